The van der Waals surface area contributed by atoms with E-state index in [1.54, 1.807) is 0 Å². The van der Waals surface area contributed by atoms with Crippen molar-refractivity contribution in [3.8, 4) is 0 Å². The summed E-state index contributed by atoms with van der Waals surface area (Å²) in [6, 6.07) is 0.539. The zero-order chi connectivity index (χ0) is 11.1. The third-order valence-corrected chi connectivity index (χ3v) is 3.87. The molecule has 0 bridgehead atoms. The number of rotatable bonds is 5. The van der Waals surface area contributed by atoms with E-state index >= 15 is 0 Å². The van der Waals surface area contributed by atoms with Gasteiger partial charge in [-0.1, -0.05) is 13.8 Å². The molecule has 0 aliphatic heterocycles. The van der Waals surface area contributed by atoms with Crippen LogP contribution in [-0.2, 0) is 4.79 Å². The summed E-state index contributed by atoms with van der Waals surface area (Å²) in [6.45, 7) is 6.09. The summed E-state index contributed by atoms with van der Waals surface area (Å²) in [5, 5.41) is 3.28. The molecule has 0 saturated heterocycles. The third kappa shape index (κ3) is 2.71. The average Bonchev–Trinajstić information content (AvgIpc) is 3.03. The highest BCUT2D eigenvalue weighted by Crippen LogP contribution is 2.50. The Morgan fingerprint density at radius 3 is 2.53 bits per heavy atom. The molecule has 3 nitrogen and oxygen atoms in total. The van der Waals surface area contributed by atoms with Crippen LogP contribution in [0.4, 0.5) is 0 Å². The van der Waals surface area contributed by atoms with Gasteiger partial charge in [-0.05, 0) is 37.1 Å². The Hall–Kier alpha value is -0.570. The zero-order valence-electron chi connectivity index (χ0n) is 10.0. The second-order valence-corrected chi connectivity index (χ2v) is 5.76. The van der Waals surface area contributed by atoms with Crippen LogP contribution in [0.3, 0.4) is 0 Å². The summed E-state index contributed by atoms with van der Waals surface area (Å²) in [6.07, 6.45) is 3.68. The second-order valence-electron chi connectivity index (χ2n) is 5.76. The largest absolute Gasteiger partial charge is 0.342 e. The molecule has 1 unspecified atom stereocenters. The zero-order valence-corrected chi connectivity index (χ0v) is 10.0. The number of hydrogen-bond acceptors (Lipinski definition) is 2. The summed E-state index contributed by atoms with van der Waals surface area (Å²) in [7, 11) is 1.92. The standard InChI is InChI=1S/C12H22N2O/c1-12(2)6-9(12)7-13-8-11(15)14(3)10-4-5-10/h9-10,13H,4-8H2,1-3H3. The van der Waals surface area contributed by atoms with Crippen LogP contribution >= 0.6 is 0 Å². The van der Waals surface area contributed by atoms with Gasteiger partial charge in [-0.15, -0.1) is 0 Å². The number of carbonyl (C=O) groups excluding carboxylic acids is 1. The minimum Gasteiger partial charge on any atom is -0.342 e. The molecule has 3 heteroatoms. The van der Waals surface area contributed by atoms with E-state index in [1.165, 1.54) is 19.3 Å². The van der Waals surface area contributed by atoms with Gasteiger partial charge in [-0.25, -0.2) is 0 Å². The van der Waals surface area contributed by atoms with E-state index in [4.69, 9.17) is 0 Å². The van der Waals surface area contributed by atoms with Gasteiger partial charge < -0.3 is 10.2 Å². The van der Waals surface area contributed by atoms with Crippen molar-refractivity contribution in [2.75, 3.05) is 20.1 Å². The van der Waals surface area contributed by atoms with Gasteiger partial charge in [0.05, 0.1) is 6.54 Å². The van der Waals surface area contributed by atoms with Crippen LogP contribution in [-0.4, -0.2) is 37.0 Å². The molecule has 2 aliphatic carbocycles. The van der Waals surface area contributed by atoms with Crippen molar-refractivity contribution >= 4 is 5.91 Å². The third-order valence-electron chi connectivity index (χ3n) is 3.87. The van der Waals surface area contributed by atoms with Crippen molar-refractivity contribution in [3.05, 3.63) is 0 Å². The first-order valence-electron chi connectivity index (χ1n) is 5.97. The molecule has 1 amide bonds. The van der Waals surface area contributed by atoms with Gasteiger partial charge in [0.2, 0.25) is 5.91 Å². The fourth-order valence-electron chi connectivity index (χ4n) is 2.07. The first-order valence-corrected chi connectivity index (χ1v) is 5.97. The highest BCUT2D eigenvalue weighted by molar-refractivity contribution is 5.78. The van der Waals surface area contributed by atoms with Gasteiger partial charge in [0.1, 0.15) is 0 Å². The maximum absolute atomic E-state index is 11.7. The molecule has 0 radical (unpaired) electrons. The molecular weight excluding hydrogens is 188 g/mol. The number of amides is 1. The molecule has 0 aromatic rings. The van der Waals surface area contributed by atoms with E-state index in [1.807, 2.05) is 11.9 Å². The van der Waals surface area contributed by atoms with Crippen molar-refractivity contribution in [2.24, 2.45) is 11.3 Å². The lowest BCUT2D eigenvalue weighted by molar-refractivity contribution is -0.129. The molecule has 2 rings (SSSR count). The Morgan fingerprint density at radius 1 is 1.47 bits per heavy atom. The average molecular weight is 210 g/mol. The summed E-state index contributed by atoms with van der Waals surface area (Å²) in [5.41, 5.74) is 0.512. The monoisotopic (exact) mass is 210 g/mol. The van der Waals surface area contributed by atoms with Crippen molar-refractivity contribution in [1.82, 2.24) is 10.2 Å². The van der Waals surface area contributed by atoms with E-state index < -0.39 is 0 Å². The molecule has 0 spiro atoms. The molecule has 0 aromatic heterocycles. The van der Waals surface area contributed by atoms with Crippen molar-refractivity contribution < 1.29 is 4.79 Å². The summed E-state index contributed by atoms with van der Waals surface area (Å²) in [5.74, 6) is 1.02. The van der Waals surface area contributed by atoms with Gasteiger partial charge >= 0.3 is 0 Å². The van der Waals surface area contributed by atoms with Crippen LogP contribution in [0.15, 0.2) is 0 Å². The lowest BCUT2D eigenvalue weighted by atomic mass is 10.1. The van der Waals surface area contributed by atoms with Crippen molar-refractivity contribution in [1.29, 1.82) is 0 Å². The summed E-state index contributed by atoms with van der Waals surface area (Å²) >= 11 is 0. The molecule has 2 saturated carbocycles. The van der Waals surface area contributed by atoms with Crippen LogP contribution in [0, 0.1) is 11.3 Å². The molecule has 1 N–H and O–H groups in total. The Morgan fingerprint density at radius 2 is 2.07 bits per heavy atom. The van der Waals surface area contributed by atoms with E-state index in [2.05, 4.69) is 19.2 Å². The topological polar surface area (TPSA) is 32.3 Å². The number of nitrogens with one attached hydrogen (secondary N) is 1. The van der Waals surface area contributed by atoms with Crippen LogP contribution in [0.5, 0.6) is 0 Å². The highest BCUT2D eigenvalue weighted by Gasteiger charge is 2.44. The first-order chi connectivity index (χ1) is 7.00. The molecule has 86 valence electrons. The number of likely N-dealkylation sites (N-methyl/N-ethyl adjacent to an activating group) is 1. The Labute approximate surface area is 92.2 Å². The Kier molecular flexibility index (Phi) is 2.75. The lowest BCUT2D eigenvalue weighted by Gasteiger charge is -2.16. The maximum Gasteiger partial charge on any atom is 0.236 e. The van der Waals surface area contributed by atoms with Gasteiger partial charge in [0.15, 0.2) is 0 Å². The molecule has 2 aliphatic rings. The van der Waals surface area contributed by atoms with Crippen LogP contribution < -0.4 is 5.32 Å². The van der Waals surface area contributed by atoms with Crippen LogP contribution in [0.2, 0.25) is 0 Å². The molecular formula is C12H22N2O. The molecule has 15 heavy (non-hydrogen) atoms. The Bertz CT molecular complexity index is 258. The second kappa shape index (κ2) is 3.78. The predicted octanol–water partition coefficient (Wildman–Crippen LogP) is 1.24. The maximum atomic E-state index is 11.7. The summed E-state index contributed by atoms with van der Waals surface area (Å²) < 4.78 is 0. The van der Waals surface area contributed by atoms with Crippen molar-refractivity contribution in [2.45, 2.75) is 39.2 Å². The molecule has 0 heterocycles. The summed E-state index contributed by atoms with van der Waals surface area (Å²) in [4.78, 5) is 13.5. The molecule has 0 aromatic carbocycles. The quantitative estimate of drug-likeness (QED) is 0.740. The molecule has 1 atom stereocenters. The highest BCUT2D eigenvalue weighted by atomic mass is 16.2. The smallest absolute Gasteiger partial charge is 0.236 e. The number of nitrogens with zero attached hydrogens (tertiary/aromatic N) is 1. The van der Waals surface area contributed by atoms with Crippen LogP contribution in [0.1, 0.15) is 33.1 Å². The van der Waals surface area contributed by atoms with Gasteiger partial charge in [0.25, 0.3) is 0 Å². The minimum absolute atomic E-state index is 0.246. The van der Waals surface area contributed by atoms with Gasteiger partial charge in [-0.2, -0.15) is 0 Å². The number of carbonyl (C=O) groups is 1. The lowest BCUT2D eigenvalue weighted by Crippen LogP contribution is -2.37. The fraction of sp³-hybridized carbons (Fsp3) is 0.917. The van der Waals surface area contributed by atoms with Gasteiger partial charge in [-0.3, -0.25) is 4.79 Å². The predicted molar refractivity (Wildman–Crippen MR) is 60.5 cm³/mol. The van der Waals surface area contributed by atoms with Crippen LogP contribution in [0.25, 0.3) is 0 Å². The van der Waals surface area contributed by atoms with E-state index in [0.29, 0.717) is 18.0 Å². The van der Waals surface area contributed by atoms with Gasteiger partial charge in [0, 0.05) is 13.1 Å². The van der Waals surface area contributed by atoms with E-state index in [-0.39, 0.29) is 5.91 Å². The van der Waals surface area contributed by atoms with Crippen molar-refractivity contribution in [3.63, 3.8) is 0 Å². The SMILES string of the molecule is CN(C(=O)CNCC1CC1(C)C)C1CC1. The molecule has 2 fully saturated rings. The first kappa shape index (κ1) is 10.9. The van der Waals surface area contributed by atoms with E-state index in [9.17, 15) is 4.79 Å². The number of hydrogen-bond donors (Lipinski definition) is 1. The Balaban J connectivity index is 1.59. The minimum atomic E-state index is 0.246. The normalized spacial score (nSPS) is 27.5. The fourth-order valence-corrected chi connectivity index (χ4v) is 2.07. The van der Waals surface area contributed by atoms with E-state index in [0.717, 1.165) is 12.5 Å².